The molecule has 0 saturated heterocycles. The Labute approximate surface area is 118 Å². The third kappa shape index (κ3) is 3.24. The summed E-state index contributed by atoms with van der Waals surface area (Å²) in [6.07, 6.45) is 6.73. The van der Waals surface area contributed by atoms with Crippen molar-refractivity contribution in [2.24, 2.45) is 10.8 Å². The lowest BCUT2D eigenvalue weighted by Gasteiger charge is -2.40. The molecule has 0 atom stereocenters. The van der Waals surface area contributed by atoms with Gasteiger partial charge in [0, 0.05) is 6.42 Å². The van der Waals surface area contributed by atoms with Crippen LogP contribution in [0.15, 0.2) is 12.4 Å². The van der Waals surface area contributed by atoms with Gasteiger partial charge in [0.05, 0.1) is 23.5 Å². The first-order chi connectivity index (χ1) is 8.83. The van der Waals surface area contributed by atoms with Crippen LogP contribution < -0.4 is 0 Å². The van der Waals surface area contributed by atoms with Gasteiger partial charge in [-0.15, -0.1) is 0 Å². The average molecular weight is 283 g/mol. The molecule has 104 valence electrons. The maximum Gasteiger partial charge on any atom is 0.310 e. The molecule has 0 aliphatic heterocycles. The zero-order valence-corrected chi connectivity index (χ0v) is 12.1. The van der Waals surface area contributed by atoms with Crippen LogP contribution in [0.1, 0.15) is 45.2 Å². The molecule has 1 aliphatic rings. The van der Waals surface area contributed by atoms with Crippen molar-refractivity contribution >= 4 is 17.6 Å². The number of hydrogen-bond donors (Lipinski definition) is 1. The molecule has 0 aromatic carbocycles. The SMILES string of the molecule is CC1(C)CCC(Cc2cnc(Cl)cn2)(C(=O)O)CC1. The van der Waals surface area contributed by atoms with Crippen LogP contribution in [-0.2, 0) is 11.2 Å². The minimum Gasteiger partial charge on any atom is -0.481 e. The van der Waals surface area contributed by atoms with E-state index in [4.69, 9.17) is 11.6 Å². The summed E-state index contributed by atoms with van der Waals surface area (Å²) in [5, 5.41) is 9.93. The first-order valence-corrected chi connectivity index (χ1v) is 6.91. The first-order valence-electron chi connectivity index (χ1n) is 6.53. The molecule has 0 radical (unpaired) electrons. The summed E-state index contributed by atoms with van der Waals surface area (Å²) >= 11 is 5.70. The van der Waals surface area contributed by atoms with Gasteiger partial charge in [-0.2, -0.15) is 0 Å². The predicted molar refractivity (Wildman–Crippen MR) is 73.1 cm³/mol. The van der Waals surface area contributed by atoms with E-state index in [1.165, 1.54) is 6.20 Å². The molecule has 19 heavy (non-hydrogen) atoms. The van der Waals surface area contributed by atoms with Crippen molar-refractivity contribution < 1.29 is 9.90 Å². The van der Waals surface area contributed by atoms with Crippen LogP contribution in [0.5, 0.6) is 0 Å². The number of carboxylic acids is 1. The summed E-state index contributed by atoms with van der Waals surface area (Å²) in [4.78, 5) is 19.8. The second kappa shape index (κ2) is 5.08. The van der Waals surface area contributed by atoms with Gasteiger partial charge in [-0.25, -0.2) is 4.98 Å². The Kier molecular flexibility index (Phi) is 3.81. The normalized spacial score (nSPS) is 21.0. The first kappa shape index (κ1) is 14.3. The summed E-state index contributed by atoms with van der Waals surface area (Å²) < 4.78 is 0. The maximum absolute atomic E-state index is 11.7. The van der Waals surface area contributed by atoms with Gasteiger partial charge in [0.1, 0.15) is 5.15 Å². The fourth-order valence-electron chi connectivity index (χ4n) is 2.65. The van der Waals surface area contributed by atoms with Gasteiger partial charge in [0.25, 0.3) is 0 Å². The number of hydrogen-bond acceptors (Lipinski definition) is 3. The number of halogens is 1. The van der Waals surface area contributed by atoms with E-state index < -0.39 is 11.4 Å². The van der Waals surface area contributed by atoms with Crippen LogP contribution >= 0.6 is 11.6 Å². The van der Waals surface area contributed by atoms with Crippen LogP contribution in [0.2, 0.25) is 5.15 Å². The van der Waals surface area contributed by atoms with E-state index in [2.05, 4.69) is 23.8 Å². The highest BCUT2D eigenvalue weighted by Gasteiger charge is 2.44. The Balaban J connectivity index is 2.17. The van der Waals surface area contributed by atoms with Crippen molar-refractivity contribution in [1.29, 1.82) is 0 Å². The van der Waals surface area contributed by atoms with E-state index in [-0.39, 0.29) is 5.41 Å². The fraction of sp³-hybridized carbons (Fsp3) is 0.643. The van der Waals surface area contributed by atoms with Crippen molar-refractivity contribution in [1.82, 2.24) is 9.97 Å². The van der Waals surface area contributed by atoms with Gasteiger partial charge < -0.3 is 5.11 Å². The van der Waals surface area contributed by atoms with Gasteiger partial charge in [-0.3, -0.25) is 9.78 Å². The molecule has 0 bridgehead atoms. The minimum atomic E-state index is -0.722. The Morgan fingerprint density at radius 3 is 2.37 bits per heavy atom. The molecule has 1 fully saturated rings. The van der Waals surface area contributed by atoms with Crippen LogP contribution in [-0.4, -0.2) is 21.0 Å². The largest absolute Gasteiger partial charge is 0.481 e. The predicted octanol–water partition coefficient (Wildman–Crippen LogP) is 3.34. The highest BCUT2D eigenvalue weighted by molar-refractivity contribution is 6.29. The molecule has 1 aromatic rings. The minimum absolute atomic E-state index is 0.241. The van der Waals surface area contributed by atoms with E-state index in [0.717, 1.165) is 12.8 Å². The maximum atomic E-state index is 11.7. The fourth-order valence-corrected chi connectivity index (χ4v) is 2.75. The topological polar surface area (TPSA) is 63.1 Å². The summed E-state index contributed by atoms with van der Waals surface area (Å²) in [5.74, 6) is -0.722. The summed E-state index contributed by atoms with van der Waals surface area (Å²) in [6.45, 7) is 4.39. The van der Waals surface area contributed by atoms with E-state index in [9.17, 15) is 9.90 Å². The van der Waals surface area contributed by atoms with Gasteiger partial charge in [0.15, 0.2) is 0 Å². The van der Waals surface area contributed by atoms with Crippen molar-refractivity contribution in [3.63, 3.8) is 0 Å². The average Bonchev–Trinajstić information content (AvgIpc) is 2.35. The Bertz CT molecular complexity index is 461. The summed E-state index contributed by atoms with van der Waals surface area (Å²) in [7, 11) is 0. The number of aromatic nitrogens is 2. The van der Waals surface area contributed by atoms with Crippen molar-refractivity contribution in [2.45, 2.75) is 46.0 Å². The van der Waals surface area contributed by atoms with Crippen molar-refractivity contribution in [3.8, 4) is 0 Å². The third-order valence-electron chi connectivity index (χ3n) is 4.21. The lowest BCUT2D eigenvalue weighted by molar-refractivity contribution is -0.152. The second-order valence-electron chi connectivity index (χ2n) is 6.26. The molecule has 0 amide bonds. The monoisotopic (exact) mass is 282 g/mol. The molecule has 1 aromatic heterocycles. The van der Waals surface area contributed by atoms with E-state index in [1.807, 2.05) is 0 Å². The Morgan fingerprint density at radius 2 is 1.89 bits per heavy atom. The van der Waals surface area contributed by atoms with Gasteiger partial charge in [-0.05, 0) is 31.1 Å². The zero-order valence-electron chi connectivity index (χ0n) is 11.3. The molecule has 5 heteroatoms. The molecule has 0 unspecified atom stereocenters. The molecule has 1 aliphatic carbocycles. The number of aliphatic carboxylic acids is 1. The van der Waals surface area contributed by atoms with Crippen LogP contribution in [0, 0.1) is 10.8 Å². The molecule has 2 rings (SSSR count). The summed E-state index contributed by atoms with van der Waals surface area (Å²) in [6, 6.07) is 0. The number of carbonyl (C=O) groups is 1. The number of rotatable bonds is 3. The van der Waals surface area contributed by atoms with Crippen LogP contribution in [0.25, 0.3) is 0 Å². The van der Waals surface area contributed by atoms with Crippen molar-refractivity contribution in [3.05, 3.63) is 23.2 Å². The van der Waals surface area contributed by atoms with Crippen molar-refractivity contribution in [2.75, 3.05) is 0 Å². The lowest BCUT2D eigenvalue weighted by Crippen LogP contribution is -2.39. The second-order valence-corrected chi connectivity index (χ2v) is 6.64. The van der Waals surface area contributed by atoms with E-state index in [0.29, 0.717) is 30.1 Å². The molecule has 1 heterocycles. The van der Waals surface area contributed by atoms with E-state index >= 15 is 0 Å². The molecule has 1 saturated carbocycles. The molecule has 0 spiro atoms. The van der Waals surface area contributed by atoms with Gasteiger partial charge >= 0.3 is 5.97 Å². The highest BCUT2D eigenvalue weighted by atomic mass is 35.5. The summed E-state index contributed by atoms with van der Waals surface area (Å²) in [5.41, 5.74) is 0.245. The molecular weight excluding hydrogens is 264 g/mol. The van der Waals surface area contributed by atoms with Gasteiger partial charge in [-0.1, -0.05) is 25.4 Å². The van der Waals surface area contributed by atoms with Crippen LogP contribution in [0.3, 0.4) is 0 Å². The molecular formula is C14H19ClN2O2. The number of carboxylic acid groups (broad SMARTS) is 1. The molecule has 4 nitrogen and oxygen atoms in total. The number of nitrogens with zero attached hydrogens (tertiary/aromatic N) is 2. The smallest absolute Gasteiger partial charge is 0.310 e. The quantitative estimate of drug-likeness (QED) is 0.923. The Hall–Kier alpha value is -1.16. The zero-order chi connectivity index (χ0) is 14.1. The standard InChI is InChI=1S/C14H19ClN2O2/c1-13(2)3-5-14(6-4-13,12(18)19)7-10-8-17-11(15)9-16-10/h8-9H,3-7H2,1-2H3,(H,18,19). The highest BCUT2D eigenvalue weighted by Crippen LogP contribution is 2.46. The molecule has 1 N–H and O–H groups in total. The Morgan fingerprint density at radius 1 is 1.26 bits per heavy atom. The lowest BCUT2D eigenvalue weighted by atomic mass is 9.63. The van der Waals surface area contributed by atoms with Crippen LogP contribution in [0.4, 0.5) is 0 Å². The van der Waals surface area contributed by atoms with E-state index in [1.54, 1.807) is 6.20 Å². The third-order valence-corrected chi connectivity index (χ3v) is 4.40. The van der Waals surface area contributed by atoms with Gasteiger partial charge in [0.2, 0.25) is 0 Å².